The van der Waals surface area contributed by atoms with Crippen molar-refractivity contribution in [3.63, 3.8) is 0 Å². The molecule has 0 aliphatic heterocycles. The molecule has 1 amide bonds. The molecule has 94 valence electrons. The lowest BCUT2D eigenvalue weighted by Gasteiger charge is -2.16. The molecule has 0 saturated carbocycles. The maximum atomic E-state index is 11.8. The first-order chi connectivity index (χ1) is 7.82. The molecule has 1 heterocycles. The molecular formula is C11H16N2O4. The number of amides is 1. The van der Waals surface area contributed by atoms with E-state index in [9.17, 15) is 9.59 Å². The average Bonchev–Trinajstić information content (AvgIpc) is 2.53. The number of carbonyl (C=O) groups excluding carboxylic acids is 1. The van der Waals surface area contributed by atoms with E-state index >= 15 is 0 Å². The second kappa shape index (κ2) is 4.99. The van der Waals surface area contributed by atoms with Crippen molar-refractivity contribution in [2.75, 3.05) is 0 Å². The van der Waals surface area contributed by atoms with E-state index in [1.54, 1.807) is 27.7 Å². The van der Waals surface area contributed by atoms with Crippen LogP contribution in [-0.2, 0) is 4.79 Å². The molecule has 0 radical (unpaired) electrons. The Morgan fingerprint density at radius 2 is 1.94 bits per heavy atom. The van der Waals surface area contributed by atoms with Crippen molar-refractivity contribution in [1.29, 1.82) is 0 Å². The fourth-order valence-electron chi connectivity index (χ4n) is 1.46. The molecule has 1 atom stereocenters. The van der Waals surface area contributed by atoms with Gasteiger partial charge in [-0.1, -0.05) is 13.8 Å². The Balaban J connectivity index is 2.85. The van der Waals surface area contributed by atoms with Crippen molar-refractivity contribution in [1.82, 2.24) is 10.3 Å². The Bertz CT molecular complexity index is 437. The summed E-state index contributed by atoms with van der Waals surface area (Å²) < 4.78 is 5.12. The second-order valence-corrected chi connectivity index (χ2v) is 4.18. The van der Waals surface area contributed by atoms with Crippen LogP contribution in [0.4, 0.5) is 0 Å². The van der Waals surface area contributed by atoms with Crippen molar-refractivity contribution in [3.05, 3.63) is 17.3 Å². The maximum Gasteiger partial charge on any atom is 0.326 e. The predicted molar refractivity (Wildman–Crippen MR) is 59.7 cm³/mol. The third-order valence-electron chi connectivity index (χ3n) is 2.33. The SMILES string of the molecule is Cc1nc(C)c(C(=O)NC(C(=O)O)C(C)C)o1. The van der Waals surface area contributed by atoms with Gasteiger partial charge in [-0.2, -0.15) is 0 Å². The average molecular weight is 240 g/mol. The lowest BCUT2D eigenvalue weighted by atomic mass is 10.0. The van der Waals surface area contributed by atoms with Crippen LogP contribution in [0.15, 0.2) is 4.42 Å². The number of nitrogens with zero attached hydrogens (tertiary/aromatic N) is 1. The molecule has 0 spiro atoms. The fraction of sp³-hybridized carbons (Fsp3) is 0.545. The predicted octanol–water partition coefficient (Wildman–Crippen LogP) is 1.13. The van der Waals surface area contributed by atoms with E-state index in [1.807, 2.05) is 0 Å². The van der Waals surface area contributed by atoms with Gasteiger partial charge in [-0.15, -0.1) is 0 Å². The van der Waals surface area contributed by atoms with Crippen LogP contribution < -0.4 is 5.32 Å². The first-order valence-electron chi connectivity index (χ1n) is 5.30. The van der Waals surface area contributed by atoms with Gasteiger partial charge in [-0.05, 0) is 12.8 Å². The molecule has 0 saturated heterocycles. The molecule has 0 aliphatic rings. The van der Waals surface area contributed by atoms with Gasteiger partial charge in [0.25, 0.3) is 5.91 Å². The lowest BCUT2D eigenvalue weighted by molar-refractivity contribution is -0.140. The van der Waals surface area contributed by atoms with Gasteiger partial charge >= 0.3 is 5.97 Å². The van der Waals surface area contributed by atoms with Gasteiger partial charge in [-0.25, -0.2) is 9.78 Å². The van der Waals surface area contributed by atoms with Gasteiger partial charge in [0.2, 0.25) is 5.76 Å². The number of nitrogens with one attached hydrogen (secondary N) is 1. The number of carboxylic acid groups (broad SMARTS) is 1. The number of carbonyl (C=O) groups is 2. The number of rotatable bonds is 4. The Labute approximate surface area is 99.0 Å². The van der Waals surface area contributed by atoms with Crippen molar-refractivity contribution in [2.24, 2.45) is 5.92 Å². The quantitative estimate of drug-likeness (QED) is 0.823. The summed E-state index contributed by atoms with van der Waals surface area (Å²) in [5.41, 5.74) is 0.452. The van der Waals surface area contributed by atoms with Crippen molar-refractivity contribution in [3.8, 4) is 0 Å². The number of carboxylic acids is 1. The minimum Gasteiger partial charge on any atom is -0.480 e. The third-order valence-corrected chi connectivity index (χ3v) is 2.33. The minimum absolute atomic E-state index is 0.0643. The van der Waals surface area contributed by atoms with Crippen LogP contribution in [0.2, 0.25) is 0 Å². The molecule has 17 heavy (non-hydrogen) atoms. The van der Waals surface area contributed by atoms with E-state index < -0.39 is 17.9 Å². The molecule has 0 aromatic carbocycles. The number of aromatic nitrogens is 1. The van der Waals surface area contributed by atoms with E-state index in [0.29, 0.717) is 11.6 Å². The molecule has 0 fully saturated rings. The molecule has 1 rings (SSSR count). The van der Waals surface area contributed by atoms with Gasteiger partial charge in [0.15, 0.2) is 5.89 Å². The lowest BCUT2D eigenvalue weighted by Crippen LogP contribution is -2.44. The third kappa shape index (κ3) is 3.05. The van der Waals surface area contributed by atoms with Crippen LogP contribution in [0.5, 0.6) is 0 Å². The summed E-state index contributed by atoms with van der Waals surface area (Å²) in [5, 5.41) is 11.4. The number of hydrogen-bond acceptors (Lipinski definition) is 4. The second-order valence-electron chi connectivity index (χ2n) is 4.18. The van der Waals surface area contributed by atoms with Crippen LogP contribution in [0.25, 0.3) is 0 Å². The molecular weight excluding hydrogens is 224 g/mol. The maximum absolute atomic E-state index is 11.8. The monoisotopic (exact) mass is 240 g/mol. The topological polar surface area (TPSA) is 92.4 Å². The highest BCUT2D eigenvalue weighted by atomic mass is 16.4. The summed E-state index contributed by atoms with van der Waals surface area (Å²) in [4.78, 5) is 26.7. The largest absolute Gasteiger partial charge is 0.480 e. The molecule has 0 bridgehead atoms. The van der Waals surface area contributed by atoms with Gasteiger partial charge in [0.1, 0.15) is 6.04 Å². The summed E-state index contributed by atoms with van der Waals surface area (Å²) in [5.74, 6) is -1.38. The number of aryl methyl sites for hydroxylation is 2. The van der Waals surface area contributed by atoms with Gasteiger partial charge in [0, 0.05) is 6.92 Å². The first-order valence-corrected chi connectivity index (χ1v) is 5.30. The van der Waals surface area contributed by atoms with Crippen LogP contribution in [0, 0.1) is 19.8 Å². The van der Waals surface area contributed by atoms with Crippen LogP contribution in [-0.4, -0.2) is 28.0 Å². The Morgan fingerprint density at radius 1 is 1.35 bits per heavy atom. The van der Waals surface area contributed by atoms with Crippen molar-refractivity contribution < 1.29 is 19.1 Å². The summed E-state index contributed by atoms with van der Waals surface area (Å²) in [7, 11) is 0. The van der Waals surface area contributed by atoms with E-state index in [1.165, 1.54) is 0 Å². The summed E-state index contributed by atoms with van der Waals surface area (Å²) >= 11 is 0. The summed E-state index contributed by atoms with van der Waals surface area (Å²) in [6, 6.07) is -0.938. The Kier molecular flexibility index (Phi) is 3.88. The molecule has 0 aliphatic carbocycles. The van der Waals surface area contributed by atoms with Crippen LogP contribution in [0.3, 0.4) is 0 Å². The zero-order chi connectivity index (χ0) is 13.2. The van der Waals surface area contributed by atoms with Gasteiger partial charge in [0.05, 0.1) is 5.69 Å². The molecule has 6 heteroatoms. The molecule has 1 aromatic heterocycles. The zero-order valence-electron chi connectivity index (χ0n) is 10.3. The first kappa shape index (κ1) is 13.2. The van der Waals surface area contributed by atoms with Gasteiger partial charge in [-0.3, -0.25) is 4.79 Å². The summed E-state index contributed by atoms with van der Waals surface area (Å²) in [6.07, 6.45) is 0. The van der Waals surface area contributed by atoms with Crippen LogP contribution in [0.1, 0.15) is 36.0 Å². The van der Waals surface area contributed by atoms with E-state index in [0.717, 1.165) is 0 Å². The molecule has 1 unspecified atom stereocenters. The van der Waals surface area contributed by atoms with Crippen molar-refractivity contribution >= 4 is 11.9 Å². The molecule has 6 nitrogen and oxygen atoms in total. The number of hydrogen-bond donors (Lipinski definition) is 2. The van der Waals surface area contributed by atoms with Gasteiger partial charge < -0.3 is 14.8 Å². The summed E-state index contributed by atoms with van der Waals surface area (Å²) in [6.45, 7) is 6.70. The molecule has 2 N–H and O–H groups in total. The van der Waals surface area contributed by atoms with Crippen LogP contribution >= 0.6 is 0 Å². The Hall–Kier alpha value is -1.85. The standard InChI is InChI=1S/C11H16N2O4/c1-5(2)8(11(15)16)13-10(14)9-6(3)12-7(4)17-9/h5,8H,1-4H3,(H,13,14)(H,15,16). The molecule has 1 aromatic rings. The highest BCUT2D eigenvalue weighted by Crippen LogP contribution is 2.10. The number of oxazole rings is 1. The minimum atomic E-state index is -1.07. The fourth-order valence-corrected chi connectivity index (χ4v) is 1.46. The smallest absolute Gasteiger partial charge is 0.326 e. The van der Waals surface area contributed by atoms with E-state index in [4.69, 9.17) is 9.52 Å². The normalized spacial score (nSPS) is 12.5. The number of aliphatic carboxylic acids is 1. The Morgan fingerprint density at radius 3 is 2.29 bits per heavy atom. The van der Waals surface area contributed by atoms with E-state index in [-0.39, 0.29) is 11.7 Å². The highest BCUT2D eigenvalue weighted by Gasteiger charge is 2.26. The van der Waals surface area contributed by atoms with Crippen molar-refractivity contribution in [2.45, 2.75) is 33.7 Å². The zero-order valence-corrected chi connectivity index (χ0v) is 10.3. The van der Waals surface area contributed by atoms with E-state index in [2.05, 4.69) is 10.3 Å². The highest BCUT2D eigenvalue weighted by molar-refractivity contribution is 5.95.